The Hall–Kier alpha value is -2.13. The summed E-state index contributed by atoms with van der Waals surface area (Å²) in [6.45, 7) is 0.445. The zero-order valence-electron chi connectivity index (χ0n) is 11.4. The number of hydrogen-bond donors (Lipinski definition) is 0. The Morgan fingerprint density at radius 3 is 2.43 bits per heavy atom. The van der Waals surface area contributed by atoms with Gasteiger partial charge in [0.2, 0.25) is 5.91 Å². The summed E-state index contributed by atoms with van der Waals surface area (Å²) in [5, 5.41) is 0.663. The molecule has 0 aromatic heterocycles. The van der Waals surface area contributed by atoms with Crippen LogP contribution < -0.4 is 4.90 Å². The number of nitrogens with zero attached hydrogens (tertiary/aromatic N) is 1. The van der Waals surface area contributed by atoms with Crippen molar-refractivity contribution in [3.63, 3.8) is 0 Å². The molecule has 0 N–H and O–H groups in total. The average Bonchev–Trinajstić information content (AvgIpc) is 2.62. The second-order valence-electron chi connectivity index (χ2n) is 5.05. The van der Waals surface area contributed by atoms with Crippen molar-refractivity contribution in [2.45, 2.75) is 19.4 Å². The molecule has 1 amide bonds. The summed E-state index contributed by atoms with van der Waals surface area (Å²) in [5.41, 5.74) is 2.30. The average molecular weight is 300 g/mol. The van der Waals surface area contributed by atoms with Crippen molar-refractivity contribution in [3.05, 3.63) is 64.7 Å². The molecule has 0 unspecified atom stereocenters. The largest absolute Gasteiger partial charge is 0.307 e. The number of carbonyl (C=O) groups is 2. The van der Waals surface area contributed by atoms with E-state index in [-0.39, 0.29) is 24.5 Å². The van der Waals surface area contributed by atoms with E-state index in [4.69, 9.17) is 11.6 Å². The number of hydrogen-bond acceptors (Lipinski definition) is 2. The number of Topliss-reactive ketones (excluding diaryl/α,β-unsaturated/α-hetero) is 1. The first-order valence-electron chi connectivity index (χ1n) is 6.82. The van der Waals surface area contributed by atoms with Crippen LogP contribution in [0.25, 0.3) is 0 Å². The molecule has 3 nitrogen and oxygen atoms in total. The first-order chi connectivity index (χ1) is 10.1. The summed E-state index contributed by atoms with van der Waals surface area (Å²) < 4.78 is 0. The molecule has 0 spiro atoms. The van der Waals surface area contributed by atoms with Crippen molar-refractivity contribution in [1.82, 2.24) is 0 Å². The molecule has 0 bridgehead atoms. The topological polar surface area (TPSA) is 37.4 Å². The van der Waals surface area contributed by atoms with Crippen LogP contribution in [0.1, 0.15) is 28.8 Å². The molecule has 1 aliphatic rings. The van der Waals surface area contributed by atoms with Gasteiger partial charge in [-0.25, -0.2) is 0 Å². The van der Waals surface area contributed by atoms with Crippen LogP contribution in [0.3, 0.4) is 0 Å². The zero-order chi connectivity index (χ0) is 14.8. The maximum absolute atomic E-state index is 12.3. The van der Waals surface area contributed by atoms with E-state index >= 15 is 0 Å². The standard InChI is InChI=1S/C17H14ClNO2/c18-13-7-5-12(6-8-13)11-19-15-4-2-1-3-14(15)16(20)9-10-17(19)21/h1-8H,9-11H2. The quantitative estimate of drug-likeness (QED) is 0.844. The number of amides is 1. The molecular weight excluding hydrogens is 286 g/mol. The van der Waals surface area contributed by atoms with Gasteiger partial charge in [-0.05, 0) is 29.8 Å². The molecule has 0 fully saturated rings. The summed E-state index contributed by atoms with van der Waals surface area (Å²) in [4.78, 5) is 26.1. The Labute approximate surface area is 128 Å². The number of carbonyl (C=O) groups excluding carboxylic acids is 2. The molecule has 1 heterocycles. The second-order valence-corrected chi connectivity index (χ2v) is 5.48. The summed E-state index contributed by atoms with van der Waals surface area (Å²) in [6.07, 6.45) is 0.522. The molecule has 3 rings (SSSR count). The van der Waals surface area contributed by atoms with Gasteiger partial charge in [-0.15, -0.1) is 0 Å². The molecule has 106 valence electrons. The molecule has 4 heteroatoms. The predicted molar refractivity (Wildman–Crippen MR) is 82.6 cm³/mol. The van der Waals surface area contributed by atoms with E-state index in [1.165, 1.54) is 0 Å². The van der Waals surface area contributed by atoms with E-state index in [1.54, 1.807) is 23.1 Å². The van der Waals surface area contributed by atoms with Gasteiger partial charge in [0.15, 0.2) is 5.78 Å². The van der Waals surface area contributed by atoms with Crippen LogP contribution >= 0.6 is 11.6 Å². The minimum absolute atomic E-state index is 0.0248. The number of ketones is 1. The van der Waals surface area contributed by atoms with E-state index in [2.05, 4.69) is 0 Å². The summed E-state index contributed by atoms with van der Waals surface area (Å²) >= 11 is 5.88. The Balaban J connectivity index is 1.99. The molecule has 2 aromatic rings. The second kappa shape index (κ2) is 5.70. The van der Waals surface area contributed by atoms with Crippen LogP contribution in [-0.4, -0.2) is 11.7 Å². The van der Waals surface area contributed by atoms with Crippen LogP contribution in [-0.2, 0) is 11.3 Å². The van der Waals surface area contributed by atoms with Gasteiger partial charge in [-0.1, -0.05) is 35.9 Å². The van der Waals surface area contributed by atoms with Crippen molar-refractivity contribution < 1.29 is 9.59 Å². The zero-order valence-corrected chi connectivity index (χ0v) is 12.1. The minimum Gasteiger partial charge on any atom is -0.307 e. The number of rotatable bonds is 2. The SMILES string of the molecule is O=C1CCC(=O)N(Cc2ccc(Cl)cc2)c2ccccc21. The predicted octanol–water partition coefficient (Wildman–Crippen LogP) is 3.85. The van der Waals surface area contributed by atoms with Gasteiger partial charge in [-0.3, -0.25) is 9.59 Å². The van der Waals surface area contributed by atoms with Gasteiger partial charge in [-0.2, -0.15) is 0 Å². The molecule has 0 aliphatic carbocycles. The van der Waals surface area contributed by atoms with Crippen LogP contribution in [0.5, 0.6) is 0 Å². The Morgan fingerprint density at radius 1 is 0.952 bits per heavy atom. The van der Waals surface area contributed by atoms with Crippen molar-refractivity contribution >= 4 is 29.0 Å². The van der Waals surface area contributed by atoms with E-state index < -0.39 is 0 Å². The first kappa shape index (κ1) is 13.8. The number of fused-ring (bicyclic) bond motifs is 1. The molecular formula is C17H14ClNO2. The third-order valence-corrected chi connectivity index (χ3v) is 3.87. The van der Waals surface area contributed by atoms with Crippen LogP contribution in [0.2, 0.25) is 5.02 Å². The number of halogens is 1. The lowest BCUT2D eigenvalue weighted by atomic mass is 10.1. The Bertz CT molecular complexity index is 694. The third kappa shape index (κ3) is 2.83. The maximum Gasteiger partial charge on any atom is 0.227 e. The number of benzene rings is 2. The summed E-state index contributed by atoms with van der Waals surface area (Å²) in [6, 6.07) is 14.7. The highest BCUT2D eigenvalue weighted by molar-refractivity contribution is 6.30. The molecule has 0 saturated carbocycles. The fraction of sp³-hybridized carbons (Fsp3) is 0.176. The highest BCUT2D eigenvalue weighted by Gasteiger charge is 2.26. The third-order valence-electron chi connectivity index (χ3n) is 3.62. The monoisotopic (exact) mass is 299 g/mol. The number of para-hydroxylation sites is 1. The van der Waals surface area contributed by atoms with Crippen molar-refractivity contribution in [2.75, 3.05) is 4.90 Å². The van der Waals surface area contributed by atoms with E-state index in [0.29, 0.717) is 22.8 Å². The van der Waals surface area contributed by atoms with E-state index in [0.717, 1.165) is 5.56 Å². The van der Waals surface area contributed by atoms with Gasteiger partial charge < -0.3 is 4.90 Å². The molecule has 0 saturated heterocycles. The van der Waals surface area contributed by atoms with Gasteiger partial charge >= 0.3 is 0 Å². The van der Waals surface area contributed by atoms with Crippen molar-refractivity contribution in [2.24, 2.45) is 0 Å². The summed E-state index contributed by atoms with van der Waals surface area (Å²) in [5.74, 6) is 0.000746. The van der Waals surface area contributed by atoms with Crippen LogP contribution in [0.15, 0.2) is 48.5 Å². The Kier molecular flexibility index (Phi) is 3.76. The van der Waals surface area contributed by atoms with E-state index in [9.17, 15) is 9.59 Å². The maximum atomic E-state index is 12.3. The van der Waals surface area contributed by atoms with E-state index in [1.807, 2.05) is 30.3 Å². The van der Waals surface area contributed by atoms with Crippen LogP contribution in [0.4, 0.5) is 5.69 Å². The van der Waals surface area contributed by atoms with Gasteiger partial charge in [0, 0.05) is 23.4 Å². The van der Waals surface area contributed by atoms with Crippen LogP contribution in [0, 0.1) is 0 Å². The van der Waals surface area contributed by atoms with Crippen molar-refractivity contribution in [3.8, 4) is 0 Å². The highest BCUT2D eigenvalue weighted by atomic mass is 35.5. The lowest BCUT2D eigenvalue weighted by molar-refractivity contribution is -0.118. The highest BCUT2D eigenvalue weighted by Crippen LogP contribution is 2.28. The van der Waals surface area contributed by atoms with Gasteiger partial charge in [0.05, 0.1) is 12.2 Å². The molecule has 1 aliphatic heterocycles. The molecule has 2 aromatic carbocycles. The van der Waals surface area contributed by atoms with Gasteiger partial charge in [0.1, 0.15) is 0 Å². The normalized spacial score (nSPS) is 14.8. The minimum atomic E-state index is -0.0248. The first-order valence-corrected chi connectivity index (χ1v) is 7.20. The fourth-order valence-electron chi connectivity index (χ4n) is 2.51. The lowest BCUT2D eigenvalue weighted by Gasteiger charge is -2.22. The van der Waals surface area contributed by atoms with Crippen molar-refractivity contribution in [1.29, 1.82) is 0 Å². The van der Waals surface area contributed by atoms with Gasteiger partial charge in [0.25, 0.3) is 0 Å². The summed E-state index contributed by atoms with van der Waals surface area (Å²) in [7, 11) is 0. The molecule has 0 atom stereocenters. The fourth-order valence-corrected chi connectivity index (χ4v) is 2.64. The number of anilines is 1. The lowest BCUT2D eigenvalue weighted by Crippen LogP contribution is -2.29. The Morgan fingerprint density at radius 2 is 1.67 bits per heavy atom. The smallest absolute Gasteiger partial charge is 0.227 e. The molecule has 0 radical (unpaired) electrons. The molecule has 21 heavy (non-hydrogen) atoms.